The Hall–Kier alpha value is -3.94. The molecule has 0 aliphatic carbocycles. The lowest BCUT2D eigenvalue weighted by Crippen LogP contribution is -2.37. The lowest BCUT2D eigenvalue weighted by Gasteiger charge is -2.23. The van der Waals surface area contributed by atoms with Gasteiger partial charge in [-0.1, -0.05) is 23.7 Å². The van der Waals surface area contributed by atoms with Crippen molar-refractivity contribution >= 4 is 56.4 Å². The molecule has 2 aliphatic rings. The van der Waals surface area contributed by atoms with Crippen molar-refractivity contribution in [2.24, 2.45) is 5.73 Å². The van der Waals surface area contributed by atoms with Crippen molar-refractivity contribution in [3.8, 4) is 5.75 Å². The number of nitrogens with zero attached hydrogens (tertiary/aromatic N) is 4. The van der Waals surface area contributed by atoms with Gasteiger partial charge in [-0.2, -0.15) is 4.98 Å². The minimum atomic E-state index is -3.59. The smallest absolute Gasteiger partial charge is 0.254 e. The van der Waals surface area contributed by atoms with Crippen LogP contribution in [0.2, 0.25) is 5.02 Å². The van der Waals surface area contributed by atoms with Crippen molar-refractivity contribution in [2.75, 3.05) is 24.2 Å². The van der Waals surface area contributed by atoms with E-state index in [1.165, 1.54) is 12.3 Å². The molecule has 14 heteroatoms. The molecule has 0 spiro atoms. The number of carbonyl (C=O) groups excluding carboxylic acids is 2. The molecule has 234 valence electrons. The fraction of sp³-hybridized carbons (Fsp3) is 0.400. The van der Waals surface area contributed by atoms with Crippen molar-refractivity contribution in [2.45, 2.75) is 69.0 Å². The number of likely N-dealkylation sites (N-methyl/N-ethyl adjacent to an activating group) is 1. The average Bonchev–Trinajstić information content (AvgIpc) is 3.49. The highest BCUT2D eigenvalue weighted by atomic mass is 35.5. The Labute approximate surface area is 261 Å². The number of aromatic nitrogens is 2. The fourth-order valence-corrected chi connectivity index (χ4v) is 6.81. The first-order valence-corrected chi connectivity index (χ1v) is 16.2. The van der Waals surface area contributed by atoms with E-state index in [0.717, 1.165) is 5.56 Å². The van der Waals surface area contributed by atoms with Gasteiger partial charge in [-0.25, -0.2) is 13.4 Å². The van der Waals surface area contributed by atoms with Crippen LogP contribution in [0.15, 0.2) is 47.5 Å². The summed E-state index contributed by atoms with van der Waals surface area (Å²) < 4.78 is 32.0. The number of sulfone groups is 1. The second kappa shape index (κ2) is 12.2. The summed E-state index contributed by atoms with van der Waals surface area (Å²) >= 11 is 6.42. The molecule has 12 nitrogen and oxygen atoms in total. The van der Waals surface area contributed by atoms with E-state index < -0.39 is 27.0 Å². The average molecular weight is 642 g/mol. The van der Waals surface area contributed by atoms with Gasteiger partial charge >= 0.3 is 0 Å². The van der Waals surface area contributed by atoms with Crippen LogP contribution in [0.3, 0.4) is 0 Å². The molecule has 2 atom stereocenters. The highest BCUT2D eigenvalue weighted by Crippen LogP contribution is 2.38. The standard InChI is InChI=1S/C30H36ClN7O5S/c1-16(2)43-25-10-18-14-38(19-11-24(27(32)39)37(5)15-19)29(40)20(18)12-23(25)35-30-33-13-21(31)28(36-30)34-22-8-6-7-9-26(22)44(41,42)17(3)4/h6-10,12-13,16-17,19,24H,11,14-15H2,1-5H3,(H2,32,39)(H2,33,34,35,36)/t19?,24-/m0/s1. The van der Waals surface area contributed by atoms with Gasteiger partial charge in [0.05, 0.1) is 39.9 Å². The SMILES string of the molecule is CC(C)Oc1cc2c(cc1Nc1ncc(Cl)c(Nc3ccccc3S(=O)(=O)C(C)C)n1)C(=O)N(C1C[C@@H](C(N)=O)N(C)C1)C2. The third-order valence-electron chi connectivity index (χ3n) is 7.75. The van der Waals surface area contributed by atoms with Gasteiger partial charge in [-0.3, -0.25) is 14.5 Å². The summed E-state index contributed by atoms with van der Waals surface area (Å²) in [5, 5.41) is 5.76. The number of fused-ring (bicyclic) bond motifs is 1. The minimum Gasteiger partial charge on any atom is -0.489 e. The highest BCUT2D eigenvalue weighted by molar-refractivity contribution is 7.92. The molecule has 1 aromatic heterocycles. The van der Waals surface area contributed by atoms with E-state index in [9.17, 15) is 18.0 Å². The van der Waals surface area contributed by atoms with Crippen molar-refractivity contribution in [1.29, 1.82) is 0 Å². The number of hydrogen-bond acceptors (Lipinski definition) is 10. The lowest BCUT2D eigenvalue weighted by atomic mass is 10.1. The van der Waals surface area contributed by atoms with E-state index in [2.05, 4.69) is 20.6 Å². The monoisotopic (exact) mass is 641 g/mol. The van der Waals surface area contributed by atoms with Crippen LogP contribution in [0, 0.1) is 0 Å². The van der Waals surface area contributed by atoms with Gasteiger partial charge in [0, 0.05) is 24.7 Å². The Balaban J connectivity index is 1.44. The number of primary amides is 1. The number of amides is 2. The number of para-hydroxylation sites is 1. The number of benzene rings is 2. The summed E-state index contributed by atoms with van der Waals surface area (Å²) in [6.07, 6.45) is 1.71. The quantitative estimate of drug-likeness (QED) is 0.294. The van der Waals surface area contributed by atoms with E-state index in [4.69, 9.17) is 22.1 Å². The van der Waals surface area contributed by atoms with Gasteiger partial charge in [0.15, 0.2) is 15.7 Å². The molecule has 1 saturated heterocycles. The largest absolute Gasteiger partial charge is 0.489 e. The maximum Gasteiger partial charge on any atom is 0.254 e. The van der Waals surface area contributed by atoms with Crippen LogP contribution < -0.4 is 21.1 Å². The Morgan fingerprint density at radius 2 is 1.86 bits per heavy atom. The first-order valence-electron chi connectivity index (χ1n) is 14.3. The maximum absolute atomic E-state index is 13.6. The molecule has 2 aromatic carbocycles. The van der Waals surface area contributed by atoms with E-state index >= 15 is 0 Å². The molecule has 2 amide bonds. The summed E-state index contributed by atoms with van der Waals surface area (Å²) in [6.45, 7) is 7.97. The van der Waals surface area contributed by atoms with Gasteiger partial charge in [0.25, 0.3) is 5.91 Å². The zero-order valence-corrected chi connectivity index (χ0v) is 26.7. The van der Waals surface area contributed by atoms with E-state index in [0.29, 0.717) is 42.2 Å². The fourth-order valence-electron chi connectivity index (χ4n) is 5.47. The second-order valence-electron chi connectivity index (χ2n) is 11.6. The number of likely N-dealkylation sites (tertiary alicyclic amines) is 1. The molecule has 44 heavy (non-hydrogen) atoms. The third-order valence-corrected chi connectivity index (χ3v) is 10.2. The summed E-state index contributed by atoms with van der Waals surface area (Å²) in [6, 6.07) is 9.52. The van der Waals surface area contributed by atoms with E-state index in [1.54, 1.807) is 43.0 Å². The van der Waals surface area contributed by atoms with Crippen LogP contribution in [0.1, 0.15) is 50.0 Å². The Bertz CT molecular complexity index is 1720. The molecule has 2 aliphatic heterocycles. The summed E-state index contributed by atoms with van der Waals surface area (Å²) in [5.74, 6) is 0.303. The molecule has 4 N–H and O–H groups in total. The molecule has 0 saturated carbocycles. The number of nitrogens with one attached hydrogen (secondary N) is 2. The number of hydrogen-bond donors (Lipinski definition) is 3. The predicted octanol–water partition coefficient (Wildman–Crippen LogP) is 4.10. The second-order valence-corrected chi connectivity index (χ2v) is 14.5. The summed E-state index contributed by atoms with van der Waals surface area (Å²) in [7, 11) is -1.76. The first-order chi connectivity index (χ1) is 20.8. The van der Waals surface area contributed by atoms with Crippen LogP contribution >= 0.6 is 11.6 Å². The van der Waals surface area contributed by atoms with Crippen molar-refractivity contribution in [1.82, 2.24) is 19.8 Å². The van der Waals surface area contributed by atoms with Gasteiger partial charge in [-0.15, -0.1) is 0 Å². The van der Waals surface area contributed by atoms with Gasteiger partial charge < -0.3 is 26.0 Å². The molecule has 0 bridgehead atoms. The van der Waals surface area contributed by atoms with Crippen LogP contribution in [0.5, 0.6) is 5.75 Å². The minimum absolute atomic E-state index is 0.129. The number of ether oxygens (including phenoxy) is 1. The van der Waals surface area contributed by atoms with Crippen molar-refractivity contribution < 1.29 is 22.7 Å². The topological polar surface area (TPSA) is 160 Å². The van der Waals surface area contributed by atoms with Crippen LogP contribution in [-0.4, -0.2) is 77.0 Å². The Morgan fingerprint density at radius 3 is 2.52 bits per heavy atom. The molecule has 5 rings (SSSR count). The van der Waals surface area contributed by atoms with Gasteiger partial charge in [-0.05, 0) is 71.0 Å². The number of carbonyl (C=O) groups is 2. The summed E-state index contributed by atoms with van der Waals surface area (Å²) in [5.41, 5.74) is 7.69. The molecule has 0 radical (unpaired) electrons. The molecule has 3 aromatic rings. The van der Waals surface area contributed by atoms with Crippen LogP contribution in [0.4, 0.5) is 23.1 Å². The predicted molar refractivity (Wildman–Crippen MR) is 168 cm³/mol. The molecule has 1 unspecified atom stereocenters. The third kappa shape index (κ3) is 6.17. The molecule has 3 heterocycles. The maximum atomic E-state index is 13.6. The zero-order chi connectivity index (χ0) is 31.9. The Kier molecular flexibility index (Phi) is 8.74. The molecular weight excluding hydrogens is 606 g/mol. The zero-order valence-electron chi connectivity index (χ0n) is 25.2. The van der Waals surface area contributed by atoms with E-state index in [-0.39, 0.29) is 39.7 Å². The number of anilines is 4. The molecule has 1 fully saturated rings. The number of nitrogens with two attached hydrogens (primary N) is 1. The number of rotatable bonds is 10. The van der Waals surface area contributed by atoms with Crippen LogP contribution in [0.25, 0.3) is 0 Å². The highest BCUT2D eigenvalue weighted by Gasteiger charge is 2.41. The normalized spacial score (nSPS) is 18.6. The van der Waals surface area contributed by atoms with Gasteiger partial charge in [0.1, 0.15) is 10.8 Å². The van der Waals surface area contributed by atoms with Crippen molar-refractivity contribution in [3.63, 3.8) is 0 Å². The Morgan fingerprint density at radius 1 is 1.14 bits per heavy atom. The lowest BCUT2D eigenvalue weighted by molar-refractivity contribution is -0.121. The van der Waals surface area contributed by atoms with Crippen molar-refractivity contribution in [3.05, 3.63) is 58.7 Å². The number of halogens is 1. The van der Waals surface area contributed by atoms with E-state index in [1.807, 2.05) is 31.9 Å². The first kappa shape index (κ1) is 31.5. The van der Waals surface area contributed by atoms with Crippen LogP contribution in [-0.2, 0) is 21.2 Å². The summed E-state index contributed by atoms with van der Waals surface area (Å²) in [4.78, 5) is 38.1. The molecular formula is C30H36ClN7O5S. The van der Waals surface area contributed by atoms with Gasteiger partial charge in [0.2, 0.25) is 11.9 Å².